The zero-order valence-corrected chi connectivity index (χ0v) is 10.9. The molecule has 3 N–H and O–H groups in total. The lowest BCUT2D eigenvalue weighted by Gasteiger charge is -2.07. The molecule has 1 aromatic carbocycles. The third-order valence-electron chi connectivity index (χ3n) is 3.33. The number of nitrogens with one attached hydrogen (secondary N) is 1. The zero-order chi connectivity index (χ0) is 13.1. The summed E-state index contributed by atoms with van der Waals surface area (Å²) in [6.45, 7) is 2.17. The number of anilines is 1. The number of nitrogens with two attached hydrogens (primary N) is 1. The number of amides is 1. The molecule has 98 valence electrons. The second-order valence-electron chi connectivity index (χ2n) is 4.86. The van der Waals surface area contributed by atoms with Crippen LogP contribution in [-0.4, -0.2) is 19.1 Å². The summed E-state index contributed by atoms with van der Waals surface area (Å²) >= 11 is 0. The number of hydrogen-bond donors (Lipinski definition) is 2. The SMILES string of the molecule is CCCC1CC1NC(=O)c1cc(N)cc(OC)c1. The first-order valence-corrected chi connectivity index (χ1v) is 6.39. The molecule has 1 saturated carbocycles. The second-order valence-corrected chi connectivity index (χ2v) is 4.86. The summed E-state index contributed by atoms with van der Waals surface area (Å²) in [6.07, 6.45) is 3.45. The van der Waals surface area contributed by atoms with Gasteiger partial charge in [-0.25, -0.2) is 0 Å². The fourth-order valence-electron chi connectivity index (χ4n) is 2.24. The number of hydrogen-bond acceptors (Lipinski definition) is 3. The van der Waals surface area contributed by atoms with Crippen LogP contribution in [0.15, 0.2) is 18.2 Å². The van der Waals surface area contributed by atoms with E-state index in [0.717, 1.165) is 6.42 Å². The molecule has 18 heavy (non-hydrogen) atoms. The Labute approximate surface area is 108 Å². The van der Waals surface area contributed by atoms with Crippen LogP contribution in [0.25, 0.3) is 0 Å². The van der Waals surface area contributed by atoms with Crippen LogP contribution in [0.4, 0.5) is 5.69 Å². The van der Waals surface area contributed by atoms with Crippen LogP contribution in [0.2, 0.25) is 0 Å². The van der Waals surface area contributed by atoms with Gasteiger partial charge in [0.15, 0.2) is 0 Å². The van der Waals surface area contributed by atoms with Crippen molar-refractivity contribution >= 4 is 11.6 Å². The number of carbonyl (C=O) groups excluding carboxylic acids is 1. The molecule has 0 bridgehead atoms. The van der Waals surface area contributed by atoms with E-state index < -0.39 is 0 Å². The fraction of sp³-hybridized carbons (Fsp3) is 0.500. The minimum absolute atomic E-state index is 0.0656. The average Bonchev–Trinajstić information content (AvgIpc) is 3.07. The highest BCUT2D eigenvalue weighted by Crippen LogP contribution is 2.34. The molecule has 0 aliphatic heterocycles. The first kappa shape index (κ1) is 12.7. The summed E-state index contributed by atoms with van der Waals surface area (Å²) in [5.41, 5.74) is 6.84. The Morgan fingerprint density at radius 1 is 1.50 bits per heavy atom. The summed E-state index contributed by atoms with van der Waals surface area (Å²) in [5, 5.41) is 3.03. The van der Waals surface area contributed by atoms with Gasteiger partial charge in [-0.2, -0.15) is 0 Å². The third kappa shape index (κ3) is 2.94. The van der Waals surface area contributed by atoms with Crippen molar-refractivity contribution in [2.45, 2.75) is 32.2 Å². The van der Waals surface area contributed by atoms with E-state index in [2.05, 4.69) is 12.2 Å². The van der Waals surface area contributed by atoms with Crippen molar-refractivity contribution in [1.29, 1.82) is 0 Å². The number of carbonyl (C=O) groups is 1. The highest BCUT2D eigenvalue weighted by Gasteiger charge is 2.37. The monoisotopic (exact) mass is 248 g/mol. The zero-order valence-electron chi connectivity index (χ0n) is 10.9. The molecule has 4 heteroatoms. The molecule has 0 saturated heterocycles. The average molecular weight is 248 g/mol. The summed E-state index contributed by atoms with van der Waals surface area (Å²) in [7, 11) is 1.56. The van der Waals surface area contributed by atoms with Gasteiger partial charge < -0.3 is 15.8 Å². The van der Waals surface area contributed by atoms with Crippen LogP contribution in [0.3, 0.4) is 0 Å². The molecule has 0 spiro atoms. The highest BCUT2D eigenvalue weighted by atomic mass is 16.5. The van der Waals surface area contributed by atoms with Crippen LogP contribution in [0.1, 0.15) is 36.5 Å². The molecule has 1 aliphatic rings. The molecule has 0 radical (unpaired) electrons. The first-order valence-electron chi connectivity index (χ1n) is 6.39. The van der Waals surface area contributed by atoms with E-state index >= 15 is 0 Å². The quantitative estimate of drug-likeness (QED) is 0.785. The van der Waals surface area contributed by atoms with E-state index in [9.17, 15) is 4.79 Å². The number of ether oxygens (including phenoxy) is 1. The van der Waals surface area contributed by atoms with Crippen molar-refractivity contribution in [3.05, 3.63) is 23.8 Å². The van der Waals surface area contributed by atoms with Crippen LogP contribution >= 0.6 is 0 Å². The number of rotatable bonds is 5. The molecule has 1 aliphatic carbocycles. The fourth-order valence-corrected chi connectivity index (χ4v) is 2.24. The van der Waals surface area contributed by atoms with E-state index in [0.29, 0.717) is 29.0 Å². The Balaban J connectivity index is 1.99. The highest BCUT2D eigenvalue weighted by molar-refractivity contribution is 5.95. The van der Waals surface area contributed by atoms with Gasteiger partial charge >= 0.3 is 0 Å². The summed E-state index contributed by atoms with van der Waals surface area (Å²) < 4.78 is 5.11. The van der Waals surface area contributed by atoms with Crippen LogP contribution in [0.5, 0.6) is 5.75 Å². The van der Waals surface area contributed by atoms with Gasteiger partial charge in [-0.1, -0.05) is 13.3 Å². The van der Waals surface area contributed by atoms with Gasteiger partial charge in [0.25, 0.3) is 5.91 Å². The van der Waals surface area contributed by atoms with Gasteiger partial charge in [-0.3, -0.25) is 4.79 Å². The third-order valence-corrected chi connectivity index (χ3v) is 3.33. The van der Waals surface area contributed by atoms with Gasteiger partial charge in [0.2, 0.25) is 0 Å². The van der Waals surface area contributed by atoms with Crippen molar-refractivity contribution in [1.82, 2.24) is 5.32 Å². The van der Waals surface area contributed by atoms with Gasteiger partial charge in [0.05, 0.1) is 7.11 Å². The lowest BCUT2D eigenvalue weighted by molar-refractivity contribution is 0.0948. The molecule has 1 aromatic rings. The minimum atomic E-state index is -0.0656. The first-order chi connectivity index (χ1) is 8.63. The normalized spacial score (nSPS) is 21.4. The molecular formula is C14H20N2O2. The number of benzene rings is 1. The Hall–Kier alpha value is -1.71. The molecule has 1 fully saturated rings. The van der Waals surface area contributed by atoms with Crippen molar-refractivity contribution in [3.63, 3.8) is 0 Å². The number of methoxy groups -OCH3 is 1. The smallest absolute Gasteiger partial charge is 0.251 e. The van der Waals surface area contributed by atoms with E-state index in [1.807, 2.05) is 0 Å². The molecule has 2 unspecified atom stereocenters. The van der Waals surface area contributed by atoms with E-state index in [1.165, 1.54) is 12.8 Å². The predicted molar refractivity (Wildman–Crippen MR) is 71.7 cm³/mol. The van der Waals surface area contributed by atoms with Gasteiger partial charge in [0.1, 0.15) is 5.75 Å². The summed E-state index contributed by atoms with van der Waals surface area (Å²) in [6, 6.07) is 5.43. The Kier molecular flexibility index (Phi) is 3.75. The van der Waals surface area contributed by atoms with Crippen molar-refractivity contribution in [2.75, 3.05) is 12.8 Å². The summed E-state index contributed by atoms with van der Waals surface area (Å²) in [4.78, 5) is 12.0. The van der Waals surface area contributed by atoms with Gasteiger partial charge in [-0.05, 0) is 30.9 Å². The van der Waals surface area contributed by atoms with Crippen molar-refractivity contribution in [3.8, 4) is 5.75 Å². The van der Waals surface area contributed by atoms with Crippen molar-refractivity contribution in [2.24, 2.45) is 5.92 Å². The maximum Gasteiger partial charge on any atom is 0.251 e. The van der Waals surface area contributed by atoms with Gasteiger partial charge in [0, 0.05) is 23.4 Å². The Morgan fingerprint density at radius 2 is 2.28 bits per heavy atom. The van der Waals surface area contributed by atoms with Crippen LogP contribution in [-0.2, 0) is 0 Å². The van der Waals surface area contributed by atoms with Crippen LogP contribution < -0.4 is 15.8 Å². The molecule has 2 rings (SSSR count). The standard InChI is InChI=1S/C14H20N2O2/c1-3-4-9-7-13(9)16-14(17)10-5-11(15)8-12(6-10)18-2/h5-6,8-9,13H,3-4,7,15H2,1-2H3,(H,16,17). The van der Waals surface area contributed by atoms with E-state index in [1.54, 1.807) is 25.3 Å². The van der Waals surface area contributed by atoms with Crippen molar-refractivity contribution < 1.29 is 9.53 Å². The predicted octanol–water partition coefficient (Wildman–Crippen LogP) is 2.20. The Bertz CT molecular complexity index is 445. The summed E-state index contributed by atoms with van der Waals surface area (Å²) in [5.74, 6) is 1.20. The maximum absolute atomic E-state index is 12.0. The van der Waals surface area contributed by atoms with E-state index in [4.69, 9.17) is 10.5 Å². The largest absolute Gasteiger partial charge is 0.497 e. The maximum atomic E-state index is 12.0. The van der Waals surface area contributed by atoms with Gasteiger partial charge in [-0.15, -0.1) is 0 Å². The molecular weight excluding hydrogens is 228 g/mol. The molecule has 1 amide bonds. The lowest BCUT2D eigenvalue weighted by atomic mass is 10.1. The Morgan fingerprint density at radius 3 is 2.94 bits per heavy atom. The molecule has 4 nitrogen and oxygen atoms in total. The molecule has 0 heterocycles. The van der Waals surface area contributed by atoms with E-state index in [-0.39, 0.29) is 5.91 Å². The lowest BCUT2D eigenvalue weighted by Crippen LogP contribution is -2.26. The second kappa shape index (κ2) is 5.29. The van der Waals surface area contributed by atoms with Crippen LogP contribution in [0, 0.1) is 5.92 Å². The number of nitrogen functional groups attached to an aromatic ring is 1. The molecule has 2 atom stereocenters. The minimum Gasteiger partial charge on any atom is -0.497 e. The molecule has 0 aromatic heterocycles. The topological polar surface area (TPSA) is 64.4 Å².